The van der Waals surface area contributed by atoms with Gasteiger partial charge in [-0.15, -0.1) is 0 Å². The van der Waals surface area contributed by atoms with Crippen molar-refractivity contribution in [3.8, 4) is 11.1 Å². The molecule has 2 rings (SSSR count). The van der Waals surface area contributed by atoms with Crippen molar-refractivity contribution in [3.63, 3.8) is 0 Å². The quantitative estimate of drug-likeness (QED) is 0.529. The van der Waals surface area contributed by atoms with Crippen molar-refractivity contribution < 1.29 is 17.9 Å². The fourth-order valence-electron chi connectivity index (χ4n) is 2.06. The lowest BCUT2D eigenvalue weighted by Crippen LogP contribution is -2.05. The first-order chi connectivity index (χ1) is 9.73. The fourth-order valence-corrected chi connectivity index (χ4v) is 3.18. The molecule has 0 saturated heterocycles. The summed E-state index contributed by atoms with van der Waals surface area (Å²) in [5.74, 6) is 0. The van der Waals surface area contributed by atoms with Crippen molar-refractivity contribution in [3.05, 3.63) is 57.1 Å². The highest BCUT2D eigenvalue weighted by Gasteiger charge is 2.27. The Morgan fingerprint density at radius 3 is 2.29 bits per heavy atom. The molecule has 0 heterocycles. The second-order valence-electron chi connectivity index (χ2n) is 4.31. The molecular weight excluding hydrogens is 318 g/mol. The third-order valence-corrected chi connectivity index (χ3v) is 4.36. The zero-order chi connectivity index (χ0) is 15.8. The van der Waals surface area contributed by atoms with Crippen molar-refractivity contribution in [2.75, 3.05) is 0 Å². The van der Waals surface area contributed by atoms with Gasteiger partial charge in [-0.05, 0) is 18.1 Å². The molecule has 0 atom stereocenters. The van der Waals surface area contributed by atoms with Crippen LogP contribution in [0.3, 0.4) is 0 Å². The maximum atomic E-state index is 11.4. The Kier molecular flexibility index (Phi) is 3.99. The smallest absolute Gasteiger partial charge is 0.282 e. The largest absolute Gasteiger partial charge is 0.295 e. The summed E-state index contributed by atoms with van der Waals surface area (Å²) in [6.07, 6.45) is 0. The summed E-state index contributed by atoms with van der Waals surface area (Å²) in [6, 6.07) is 9.18. The number of benzene rings is 2. The van der Waals surface area contributed by atoms with Crippen LogP contribution in [0.1, 0.15) is 5.56 Å². The van der Waals surface area contributed by atoms with Crippen molar-refractivity contribution in [1.29, 1.82) is 0 Å². The number of hydrogen-bond donors (Lipinski definition) is 1. The molecule has 21 heavy (non-hydrogen) atoms. The van der Waals surface area contributed by atoms with Crippen LogP contribution in [0, 0.1) is 17.0 Å². The third-order valence-electron chi connectivity index (χ3n) is 2.99. The maximum absolute atomic E-state index is 11.4. The van der Waals surface area contributed by atoms with Gasteiger partial charge in [-0.2, -0.15) is 8.42 Å². The van der Waals surface area contributed by atoms with Crippen LogP contribution in [0.4, 0.5) is 5.69 Å². The zero-order valence-corrected chi connectivity index (χ0v) is 12.4. The highest BCUT2D eigenvalue weighted by molar-refractivity contribution is 7.85. The molecule has 0 aliphatic rings. The van der Waals surface area contributed by atoms with Crippen LogP contribution in [-0.4, -0.2) is 17.9 Å². The minimum Gasteiger partial charge on any atom is -0.282 e. The molecule has 0 aromatic heterocycles. The van der Waals surface area contributed by atoms with E-state index >= 15 is 0 Å². The average molecular weight is 328 g/mol. The van der Waals surface area contributed by atoms with E-state index in [0.717, 1.165) is 6.07 Å². The minimum atomic E-state index is -4.60. The van der Waals surface area contributed by atoms with Gasteiger partial charge in [0.1, 0.15) is 9.92 Å². The number of rotatable bonds is 3. The Hall–Kier alpha value is -1.96. The fraction of sp³-hybridized carbons (Fsp3) is 0.0769. The molecule has 0 aliphatic heterocycles. The lowest BCUT2D eigenvalue weighted by atomic mass is 9.99. The molecule has 8 heteroatoms. The Morgan fingerprint density at radius 2 is 1.81 bits per heavy atom. The molecule has 0 bridgehead atoms. The first-order valence-electron chi connectivity index (χ1n) is 5.74. The molecule has 0 fully saturated rings. The Morgan fingerprint density at radius 1 is 1.24 bits per heavy atom. The van der Waals surface area contributed by atoms with Gasteiger partial charge in [0.15, 0.2) is 0 Å². The molecule has 2 aromatic rings. The molecule has 0 saturated carbocycles. The van der Waals surface area contributed by atoms with Crippen molar-refractivity contribution >= 4 is 27.4 Å². The van der Waals surface area contributed by atoms with Crippen molar-refractivity contribution in [2.24, 2.45) is 0 Å². The minimum absolute atomic E-state index is 0.152. The Labute approximate surface area is 125 Å². The van der Waals surface area contributed by atoms with Gasteiger partial charge < -0.3 is 0 Å². The molecule has 1 N–H and O–H groups in total. The summed E-state index contributed by atoms with van der Waals surface area (Å²) in [5, 5.41) is 10.9. The average Bonchev–Trinajstić information content (AvgIpc) is 2.38. The first kappa shape index (κ1) is 15.4. The molecule has 2 aromatic carbocycles. The molecule has 0 unspecified atom stereocenters. The van der Waals surface area contributed by atoms with E-state index in [2.05, 4.69) is 0 Å². The van der Waals surface area contributed by atoms with Gasteiger partial charge in [0.2, 0.25) is 0 Å². The summed E-state index contributed by atoms with van der Waals surface area (Å²) >= 11 is 6.05. The van der Waals surface area contributed by atoms with Crippen LogP contribution in [0.15, 0.2) is 41.3 Å². The van der Waals surface area contributed by atoms with E-state index in [4.69, 9.17) is 11.6 Å². The topological polar surface area (TPSA) is 97.5 Å². The summed E-state index contributed by atoms with van der Waals surface area (Å²) in [5.41, 5.74) is 0.306. The highest BCUT2D eigenvalue weighted by atomic mass is 35.5. The molecule has 0 amide bonds. The molecular formula is C13H10ClNO5S. The van der Waals surface area contributed by atoms with Crippen LogP contribution < -0.4 is 0 Å². The number of nitrogens with zero attached hydrogens (tertiary/aromatic N) is 1. The van der Waals surface area contributed by atoms with Crippen molar-refractivity contribution in [2.45, 2.75) is 11.8 Å². The van der Waals surface area contributed by atoms with Gasteiger partial charge in [-0.1, -0.05) is 41.9 Å². The number of hydrogen-bond acceptors (Lipinski definition) is 4. The molecule has 0 aliphatic carbocycles. The van der Waals surface area contributed by atoms with E-state index in [-0.39, 0.29) is 16.1 Å². The van der Waals surface area contributed by atoms with E-state index < -0.39 is 25.6 Å². The van der Waals surface area contributed by atoms with E-state index in [1.807, 2.05) is 0 Å². The van der Waals surface area contributed by atoms with Crippen LogP contribution in [0.25, 0.3) is 11.1 Å². The van der Waals surface area contributed by atoms with Crippen LogP contribution in [-0.2, 0) is 10.1 Å². The monoisotopic (exact) mass is 327 g/mol. The number of nitro groups is 1. The van der Waals surface area contributed by atoms with Gasteiger partial charge >= 0.3 is 0 Å². The van der Waals surface area contributed by atoms with E-state index in [9.17, 15) is 23.1 Å². The lowest BCUT2D eigenvalue weighted by Gasteiger charge is -2.12. The van der Waals surface area contributed by atoms with Crippen LogP contribution in [0.2, 0.25) is 5.02 Å². The second-order valence-corrected chi connectivity index (χ2v) is 6.07. The van der Waals surface area contributed by atoms with E-state index in [1.165, 1.54) is 6.92 Å². The maximum Gasteiger partial charge on any atom is 0.295 e. The van der Waals surface area contributed by atoms with E-state index in [1.54, 1.807) is 30.3 Å². The first-order valence-corrected chi connectivity index (χ1v) is 7.55. The SMILES string of the molecule is Cc1c(S(=O)(=O)O)cc([N+](=O)[O-])c(Cl)c1-c1ccccc1. The van der Waals surface area contributed by atoms with Gasteiger partial charge in [0.05, 0.1) is 4.92 Å². The van der Waals surface area contributed by atoms with Gasteiger partial charge in [-0.25, -0.2) is 0 Å². The zero-order valence-electron chi connectivity index (χ0n) is 10.8. The van der Waals surface area contributed by atoms with Crippen LogP contribution >= 0.6 is 11.6 Å². The third kappa shape index (κ3) is 2.90. The highest BCUT2D eigenvalue weighted by Crippen LogP contribution is 2.40. The lowest BCUT2D eigenvalue weighted by molar-refractivity contribution is -0.384. The molecule has 0 spiro atoms. The van der Waals surface area contributed by atoms with Crippen LogP contribution in [0.5, 0.6) is 0 Å². The second kappa shape index (κ2) is 5.44. The summed E-state index contributed by atoms with van der Waals surface area (Å²) < 4.78 is 32.1. The number of nitro benzene ring substituents is 1. The Balaban J connectivity index is 2.93. The molecule has 110 valence electrons. The summed E-state index contributed by atoms with van der Waals surface area (Å²) in [6.45, 7) is 1.43. The Bertz CT molecular complexity index is 818. The summed E-state index contributed by atoms with van der Waals surface area (Å²) in [7, 11) is -4.60. The van der Waals surface area contributed by atoms with Gasteiger partial charge in [0, 0.05) is 11.6 Å². The van der Waals surface area contributed by atoms with Gasteiger partial charge in [0.25, 0.3) is 15.8 Å². The van der Waals surface area contributed by atoms with Crippen molar-refractivity contribution in [1.82, 2.24) is 0 Å². The van der Waals surface area contributed by atoms with E-state index in [0.29, 0.717) is 5.56 Å². The predicted molar refractivity (Wildman–Crippen MR) is 78.1 cm³/mol. The van der Waals surface area contributed by atoms with Gasteiger partial charge in [-0.3, -0.25) is 14.7 Å². The molecule has 6 nitrogen and oxygen atoms in total. The standard InChI is InChI=1S/C13H10ClNO5S/c1-8-11(21(18,19)20)7-10(15(16)17)13(14)12(8)9-5-3-2-4-6-9/h2-7H,1H3,(H,18,19,20). The normalized spacial score (nSPS) is 11.4. The molecule has 0 radical (unpaired) electrons. The predicted octanol–water partition coefficient (Wildman–Crippen LogP) is 3.47. The number of halogens is 1. The summed E-state index contributed by atoms with van der Waals surface area (Å²) in [4.78, 5) is 9.72.